The number of rotatable bonds is 5. The lowest BCUT2D eigenvalue weighted by Gasteiger charge is -2.20. The van der Waals surface area contributed by atoms with Crippen LogP contribution in [0.4, 0.5) is 0 Å². The van der Waals surface area contributed by atoms with Crippen LogP contribution in [0.2, 0.25) is 0 Å². The summed E-state index contributed by atoms with van der Waals surface area (Å²) >= 11 is 5.99. The van der Waals surface area contributed by atoms with E-state index in [1.54, 1.807) is 0 Å². The van der Waals surface area contributed by atoms with Gasteiger partial charge in [0, 0.05) is 8.04 Å². The van der Waals surface area contributed by atoms with Crippen LogP contribution in [-0.4, -0.2) is 7.05 Å². The SMILES string of the molecule is CNC(c1cccc(CC(C)C)c1)c1cc(Br)ccc1I. The Kier molecular flexibility index (Phi) is 6.26. The molecule has 0 heterocycles. The van der Waals surface area contributed by atoms with Gasteiger partial charge in [-0.25, -0.2) is 0 Å². The molecule has 1 unspecified atom stereocenters. The van der Waals surface area contributed by atoms with Crippen LogP contribution in [-0.2, 0) is 6.42 Å². The second-order valence-corrected chi connectivity index (χ2v) is 7.81. The summed E-state index contributed by atoms with van der Waals surface area (Å²) in [5, 5.41) is 3.46. The van der Waals surface area contributed by atoms with Crippen LogP contribution in [0.15, 0.2) is 46.9 Å². The molecule has 2 aromatic carbocycles. The highest BCUT2D eigenvalue weighted by molar-refractivity contribution is 14.1. The first kappa shape index (κ1) is 17.0. The van der Waals surface area contributed by atoms with Gasteiger partial charge in [-0.3, -0.25) is 0 Å². The molecule has 2 rings (SSSR count). The van der Waals surface area contributed by atoms with Gasteiger partial charge in [0.15, 0.2) is 0 Å². The smallest absolute Gasteiger partial charge is 0.0585 e. The highest BCUT2D eigenvalue weighted by atomic mass is 127. The molecular formula is C18H21BrIN. The van der Waals surface area contributed by atoms with Gasteiger partial charge in [0.2, 0.25) is 0 Å². The van der Waals surface area contributed by atoms with Crippen LogP contribution in [0.1, 0.15) is 36.6 Å². The van der Waals surface area contributed by atoms with Gasteiger partial charge in [-0.1, -0.05) is 54.0 Å². The zero-order chi connectivity index (χ0) is 15.4. The monoisotopic (exact) mass is 457 g/mol. The largest absolute Gasteiger partial charge is 0.309 e. The summed E-state index contributed by atoms with van der Waals surface area (Å²) in [6, 6.07) is 15.6. The topological polar surface area (TPSA) is 12.0 Å². The first-order valence-corrected chi connectivity index (χ1v) is 9.09. The van der Waals surface area contributed by atoms with Gasteiger partial charge in [0.1, 0.15) is 0 Å². The average molecular weight is 458 g/mol. The zero-order valence-corrected chi connectivity index (χ0v) is 16.4. The summed E-state index contributed by atoms with van der Waals surface area (Å²) < 4.78 is 2.40. The lowest BCUT2D eigenvalue weighted by Crippen LogP contribution is -2.19. The molecule has 0 saturated heterocycles. The minimum atomic E-state index is 0.224. The fraction of sp³-hybridized carbons (Fsp3) is 0.333. The minimum Gasteiger partial charge on any atom is -0.309 e. The van der Waals surface area contributed by atoms with Gasteiger partial charge in [-0.15, -0.1) is 0 Å². The van der Waals surface area contributed by atoms with Gasteiger partial charge in [0.05, 0.1) is 6.04 Å². The van der Waals surface area contributed by atoms with Crippen molar-refractivity contribution in [2.45, 2.75) is 26.3 Å². The Labute approximate surface area is 149 Å². The molecule has 1 atom stereocenters. The molecule has 0 aromatic heterocycles. The lowest BCUT2D eigenvalue weighted by atomic mass is 9.95. The first-order chi connectivity index (χ1) is 10.0. The van der Waals surface area contributed by atoms with Crippen molar-refractivity contribution in [2.24, 2.45) is 5.92 Å². The van der Waals surface area contributed by atoms with E-state index in [0.717, 1.165) is 10.9 Å². The second-order valence-electron chi connectivity index (χ2n) is 5.73. The Bertz CT molecular complexity index is 610. The molecule has 1 nitrogen and oxygen atoms in total. The molecular weight excluding hydrogens is 437 g/mol. The van der Waals surface area contributed by atoms with Gasteiger partial charge in [-0.2, -0.15) is 0 Å². The number of hydrogen-bond donors (Lipinski definition) is 1. The highest BCUT2D eigenvalue weighted by Crippen LogP contribution is 2.29. The Morgan fingerprint density at radius 3 is 2.57 bits per heavy atom. The van der Waals surface area contributed by atoms with Crippen molar-refractivity contribution in [3.63, 3.8) is 0 Å². The average Bonchev–Trinajstić information content (AvgIpc) is 2.43. The summed E-state index contributed by atoms with van der Waals surface area (Å²) in [4.78, 5) is 0. The van der Waals surface area contributed by atoms with E-state index in [9.17, 15) is 0 Å². The van der Waals surface area contributed by atoms with Gasteiger partial charge in [-0.05, 0) is 76.9 Å². The molecule has 0 aliphatic carbocycles. The van der Waals surface area contributed by atoms with Crippen molar-refractivity contribution in [1.82, 2.24) is 5.32 Å². The van der Waals surface area contributed by atoms with Crippen molar-refractivity contribution in [3.8, 4) is 0 Å². The molecule has 0 saturated carbocycles. The van der Waals surface area contributed by atoms with Crippen LogP contribution >= 0.6 is 38.5 Å². The molecule has 112 valence electrons. The van der Waals surface area contributed by atoms with Gasteiger partial charge >= 0.3 is 0 Å². The molecule has 21 heavy (non-hydrogen) atoms. The summed E-state index contributed by atoms with van der Waals surface area (Å²) in [6.45, 7) is 4.53. The summed E-state index contributed by atoms with van der Waals surface area (Å²) in [7, 11) is 2.02. The standard InChI is InChI=1S/C18H21BrIN/c1-12(2)9-13-5-4-6-14(10-13)18(21-3)16-11-15(19)7-8-17(16)20/h4-8,10-12,18,21H,9H2,1-3H3. The van der Waals surface area contributed by atoms with E-state index in [4.69, 9.17) is 0 Å². The number of hydrogen-bond acceptors (Lipinski definition) is 1. The van der Waals surface area contributed by atoms with E-state index in [0.29, 0.717) is 5.92 Å². The predicted molar refractivity (Wildman–Crippen MR) is 103 cm³/mol. The maximum absolute atomic E-state index is 3.58. The van der Waals surface area contributed by atoms with Gasteiger partial charge in [0.25, 0.3) is 0 Å². The van der Waals surface area contributed by atoms with Crippen LogP contribution < -0.4 is 5.32 Å². The van der Waals surface area contributed by atoms with Crippen LogP contribution in [0.25, 0.3) is 0 Å². The Hall–Kier alpha value is -0.390. The minimum absolute atomic E-state index is 0.224. The van der Waals surface area contributed by atoms with Crippen LogP contribution in [0.3, 0.4) is 0 Å². The molecule has 0 amide bonds. The highest BCUT2D eigenvalue weighted by Gasteiger charge is 2.15. The number of benzene rings is 2. The summed E-state index contributed by atoms with van der Waals surface area (Å²) in [6.07, 6.45) is 1.12. The quantitative estimate of drug-likeness (QED) is 0.579. The Balaban J connectivity index is 2.39. The molecule has 0 bridgehead atoms. The maximum atomic E-state index is 3.58. The second kappa shape index (κ2) is 7.75. The summed E-state index contributed by atoms with van der Waals surface area (Å²) in [5.41, 5.74) is 4.05. The zero-order valence-electron chi connectivity index (χ0n) is 12.7. The van der Waals surface area contributed by atoms with E-state index >= 15 is 0 Å². The fourth-order valence-electron chi connectivity index (χ4n) is 2.61. The molecule has 0 radical (unpaired) electrons. The summed E-state index contributed by atoms with van der Waals surface area (Å²) in [5.74, 6) is 0.680. The number of nitrogens with one attached hydrogen (secondary N) is 1. The first-order valence-electron chi connectivity index (χ1n) is 7.22. The van der Waals surface area contributed by atoms with E-state index < -0.39 is 0 Å². The molecule has 2 aromatic rings. The van der Waals surface area contributed by atoms with Crippen molar-refractivity contribution in [1.29, 1.82) is 0 Å². The van der Waals surface area contributed by atoms with E-state index in [-0.39, 0.29) is 6.04 Å². The fourth-order valence-corrected chi connectivity index (χ4v) is 3.63. The van der Waals surface area contributed by atoms with Crippen LogP contribution in [0, 0.1) is 9.49 Å². The third-order valence-electron chi connectivity index (χ3n) is 3.49. The third-order valence-corrected chi connectivity index (χ3v) is 4.96. The number of halogens is 2. The Morgan fingerprint density at radius 2 is 1.90 bits per heavy atom. The van der Waals surface area contributed by atoms with E-state index in [1.165, 1.54) is 20.3 Å². The lowest BCUT2D eigenvalue weighted by molar-refractivity contribution is 0.642. The third kappa shape index (κ3) is 4.54. The predicted octanol–water partition coefficient (Wildman–Crippen LogP) is 5.56. The molecule has 0 aliphatic heterocycles. The van der Waals surface area contributed by atoms with E-state index in [1.807, 2.05) is 7.05 Å². The molecule has 0 spiro atoms. The van der Waals surface area contributed by atoms with Gasteiger partial charge < -0.3 is 5.32 Å². The maximum Gasteiger partial charge on any atom is 0.0585 e. The van der Waals surface area contributed by atoms with Crippen molar-refractivity contribution in [3.05, 3.63) is 67.2 Å². The Morgan fingerprint density at radius 1 is 1.14 bits per heavy atom. The van der Waals surface area contributed by atoms with Crippen molar-refractivity contribution >= 4 is 38.5 Å². The normalized spacial score (nSPS) is 12.7. The molecule has 0 aliphatic rings. The molecule has 1 N–H and O–H groups in total. The molecule has 3 heteroatoms. The van der Waals surface area contributed by atoms with Crippen molar-refractivity contribution < 1.29 is 0 Å². The van der Waals surface area contributed by atoms with Crippen LogP contribution in [0.5, 0.6) is 0 Å². The molecule has 0 fully saturated rings. The van der Waals surface area contributed by atoms with Crippen molar-refractivity contribution in [2.75, 3.05) is 7.05 Å². The van der Waals surface area contributed by atoms with E-state index in [2.05, 4.69) is 100 Å².